The van der Waals surface area contributed by atoms with E-state index in [9.17, 15) is 9.59 Å². The Labute approximate surface area is 200 Å². The molecule has 0 saturated heterocycles. The van der Waals surface area contributed by atoms with Gasteiger partial charge in [0.1, 0.15) is 16.6 Å². The van der Waals surface area contributed by atoms with E-state index in [1.807, 2.05) is 13.0 Å². The van der Waals surface area contributed by atoms with Crippen molar-refractivity contribution in [2.75, 3.05) is 12.4 Å². The minimum Gasteiger partial charge on any atom is -0.495 e. The third-order valence-electron chi connectivity index (χ3n) is 5.83. The molecule has 0 spiro atoms. The number of carbonyl (C=O) groups is 1. The van der Waals surface area contributed by atoms with Crippen molar-refractivity contribution < 1.29 is 9.53 Å². The molecule has 1 unspecified atom stereocenters. The fourth-order valence-electron chi connectivity index (χ4n) is 3.78. The van der Waals surface area contributed by atoms with Crippen molar-refractivity contribution in [2.24, 2.45) is 0 Å². The highest BCUT2D eigenvalue weighted by molar-refractivity contribution is 7.19. The number of rotatable bonds is 5. The van der Waals surface area contributed by atoms with Crippen LogP contribution in [0.25, 0.3) is 21.3 Å². The summed E-state index contributed by atoms with van der Waals surface area (Å²) in [6.45, 7) is 7.76. The molecular formula is C25H24ClN3O3S. The number of aryl methyl sites for hydroxylation is 3. The Balaban J connectivity index is 1.76. The topological polar surface area (TPSA) is 73.2 Å². The molecule has 0 aliphatic carbocycles. The first-order chi connectivity index (χ1) is 15.7. The molecule has 1 N–H and O–H groups in total. The second-order valence-electron chi connectivity index (χ2n) is 7.98. The quantitative estimate of drug-likeness (QED) is 0.384. The van der Waals surface area contributed by atoms with Gasteiger partial charge >= 0.3 is 0 Å². The molecule has 0 saturated carbocycles. The van der Waals surface area contributed by atoms with Crippen molar-refractivity contribution >= 4 is 44.7 Å². The Morgan fingerprint density at radius 3 is 2.61 bits per heavy atom. The zero-order chi connectivity index (χ0) is 23.9. The molecule has 6 nitrogen and oxygen atoms in total. The number of carbonyl (C=O) groups excluding carboxylic acids is 1. The SMILES string of the molecule is COc1ccc(Cl)cc1NC(=O)C(C)n1cnc2sc(C)c(-c3ccc(C)c(C)c3)c2c1=O. The highest BCUT2D eigenvalue weighted by Gasteiger charge is 2.23. The fourth-order valence-corrected chi connectivity index (χ4v) is 4.95. The summed E-state index contributed by atoms with van der Waals surface area (Å²) < 4.78 is 6.67. The van der Waals surface area contributed by atoms with E-state index in [-0.39, 0.29) is 11.5 Å². The minimum absolute atomic E-state index is 0.252. The fraction of sp³-hybridized carbons (Fsp3) is 0.240. The molecule has 2 aromatic carbocycles. The van der Waals surface area contributed by atoms with Crippen LogP contribution in [0.1, 0.15) is 29.0 Å². The summed E-state index contributed by atoms with van der Waals surface area (Å²) in [5.74, 6) is 0.102. The van der Waals surface area contributed by atoms with Gasteiger partial charge < -0.3 is 10.1 Å². The highest BCUT2D eigenvalue weighted by Crippen LogP contribution is 2.36. The molecule has 4 aromatic rings. The summed E-state index contributed by atoms with van der Waals surface area (Å²) in [4.78, 5) is 32.8. The second-order valence-corrected chi connectivity index (χ2v) is 9.62. The van der Waals surface area contributed by atoms with E-state index in [2.05, 4.69) is 36.3 Å². The van der Waals surface area contributed by atoms with Gasteiger partial charge in [0.2, 0.25) is 5.91 Å². The third-order valence-corrected chi connectivity index (χ3v) is 7.07. The van der Waals surface area contributed by atoms with E-state index in [1.54, 1.807) is 25.1 Å². The number of aromatic nitrogens is 2. The molecule has 1 amide bonds. The van der Waals surface area contributed by atoms with Gasteiger partial charge in [0, 0.05) is 15.5 Å². The summed E-state index contributed by atoms with van der Waals surface area (Å²) in [5.41, 5.74) is 4.37. The maximum Gasteiger partial charge on any atom is 0.263 e. The van der Waals surface area contributed by atoms with Crippen LogP contribution in [0, 0.1) is 20.8 Å². The molecule has 2 aromatic heterocycles. The predicted octanol–water partition coefficient (Wildman–Crippen LogP) is 5.91. The molecule has 4 rings (SSSR count). The van der Waals surface area contributed by atoms with Crippen LogP contribution in [0.2, 0.25) is 5.02 Å². The normalized spacial score (nSPS) is 12.1. The molecular weight excluding hydrogens is 458 g/mol. The molecule has 33 heavy (non-hydrogen) atoms. The monoisotopic (exact) mass is 481 g/mol. The number of benzene rings is 2. The Bertz CT molecular complexity index is 1440. The number of ether oxygens (including phenoxy) is 1. The van der Waals surface area contributed by atoms with E-state index in [4.69, 9.17) is 16.3 Å². The number of amides is 1. The van der Waals surface area contributed by atoms with Crippen LogP contribution in [0.5, 0.6) is 5.75 Å². The summed E-state index contributed by atoms with van der Waals surface area (Å²) in [6, 6.07) is 10.3. The van der Waals surface area contributed by atoms with Crippen molar-refractivity contribution in [3.05, 3.63) is 74.1 Å². The Morgan fingerprint density at radius 1 is 1.15 bits per heavy atom. The smallest absolute Gasteiger partial charge is 0.263 e. The van der Waals surface area contributed by atoms with Gasteiger partial charge in [-0.25, -0.2) is 4.98 Å². The van der Waals surface area contributed by atoms with Gasteiger partial charge in [-0.3, -0.25) is 14.2 Å². The van der Waals surface area contributed by atoms with E-state index in [0.29, 0.717) is 26.7 Å². The van der Waals surface area contributed by atoms with Gasteiger partial charge in [0.15, 0.2) is 0 Å². The minimum atomic E-state index is -0.800. The van der Waals surface area contributed by atoms with Crippen LogP contribution in [0.3, 0.4) is 0 Å². The first kappa shape index (κ1) is 23.0. The van der Waals surface area contributed by atoms with Crippen LogP contribution in [0.4, 0.5) is 5.69 Å². The van der Waals surface area contributed by atoms with Crippen molar-refractivity contribution in [3.8, 4) is 16.9 Å². The standard InChI is InChI=1S/C25H24ClN3O3S/c1-13-6-7-17(10-14(13)2)21-16(4)33-24-22(21)25(31)29(12-27-24)15(3)23(30)28-19-11-18(26)8-9-20(19)32-5/h6-12,15H,1-5H3,(H,28,30). The van der Waals surface area contributed by atoms with Crippen LogP contribution in [-0.2, 0) is 4.79 Å². The summed E-state index contributed by atoms with van der Waals surface area (Å²) in [7, 11) is 1.51. The second kappa shape index (κ2) is 9.00. The molecule has 0 aliphatic rings. The lowest BCUT2D eigenvalue weighted by atomic mass is 9.99. The number of hydrogen-bond acceptors (Lipinski definition) is 5. The van der Waals surface area contributed by atoms with Crippen LogP contribution in [0.15, 0.2) is 47.5 Å². The van der Waals surface area contributed by atoms with Crippen molar-refractivity contribution in [1.29, 1.82) is 0 Å². The number of nitrogens with one attached hydrogen (secondary N) is 1. The largest absolute Gasteiger partial charge is 0.495 e. The lowest BCUT2D eigenvalue weighted by molar-refractivity contribution is -0.118. The van der Waals surface area contributed by atoms with Gasteiger partial charge in [-0.2, -0.15) is 0 Å². The third kappa shape index (κ3) is 4.26. The summed E-state index contributed by atoms with van der Waals surface area (Å²) in [6.07, 6.45) is 1.43. The number of nitrogens with zero attached hydrogens (tertiary/aromatic N) is 2. The zero-order valence-corrected chi connectivity index (χ0v) is 20.6. The highest BCUT2D eigenvalue weighted by atomic mass is 35.5. The van der Waals surface area contributed by atoms with Crippen LogP contribution < -0.4 is 15.6 Å². The van der Waals surface area contributed by atoms with Gasteiger partial charge in [0.05, 0.1) is 24.5 Å². The molecule has 0 radical (unpaired) electrons. The van der Waals surface area contributed by atoms with Gasteiger partial charge in [0.25, 0.3) is 5.56 Å². The van der Waals surface area contributed by atoms with Gasteiger partial charge in [-0.1, -0.05) is 29.8 Å². The van der Waals surface area contributed by atoms with Crippen LogP contribution >= 0.6 is 22.9 Å². The Morgan fingerprint density at radius 2 is 1.91 bits per heavy atom. The van der Waals surface area contributed by atoms with Crippen molar-refractivity contribution in [3.63, 3.8) is 0 Å². The molecule has 0 aliphatic heterocycles. The number of thiophene rings is 1. The van der Waals surface area contributed by atoms with Gasteiger partial charge in [-0.15, -0.1) is 11.3 Å². The first-order valence-electron chi connectivity index (χ1n) is 10.4. The average Bonchev–Trinajstić information content (AvgIpc) is 3.12. The van der Waals surface area contributed by atoms with Gasteiger partial charge in [-0.05, 0) is 62.6 Å². The van der Waals surface area contributed by atoms with Crippen molar-refractivity contribution in [2.45, 2.75) is 33.7 Å². The number of anilines is 1. The lowest BCUT2D eigenvalue weighted by Crippen LogP contribution is -2.31. The van der Waals surface area contributed by atoms with E-state index < -0.39 is 6.04 Å². The predicted molar refractivity (Wildman–Crippen MR) is 135 cm³/mol. The molecule has 8 heteroatoms. The molecule has 0 bridgehead atoms. The average molecular weight is 482 g/mol. The number of methoxy groups -OCH3 is 1. The Kier molecular flexibility index (Phi) is 6.28. The summed E-state index contributed by atoms with van der Waals surface area (Å²) in [5, 5.41) is 3.80. The Hall–Kier alpha value is -3.16. The number of hydrogen-bond donors (Lipinski definition) is 1. The number of halogens is 1. The van der Waals surface area contributed by atoms with E-state index in [1.165, 1.54) is 34.9 Å². The lowest BCUT2D eigenvalue weighted by Gasteiger charge is -2.17. The summed E-state index contributed by atoms with van der Waals surface area (Å²) >= 11 is 7.55. The van der Waals surface area contributed by atoms with Crippen LogP contribution in [-0.4, -0.2) is 22.6 Å². The van der Waals surface area contributed by atoms with E-state index in [0.717, 1.165) is 21.6 Å². The maximum absolute atomic E-state index is 13.6. The van der Waals surface area contributed by atoms with E-state index >= 15 is 0 Å². The molecule has 0 fully saturated rings. The molecule has 170 valence electrons. The molecule has 2 heterocycles. The maximum atomic E-state index is 13.6. The first-order valence-corrected chi connectivity index (χ1v) is 11.6. The molecule has 1 atom stereocenters. The zero-order valence-electron chi connectivity index (χ0n) is 19.0. The van der Waals surface area contributed by atoms with Crippen molar-refractivity contribution in [1.82, 2.24) is 9.55 Å². The number of fused-ring (bicyclic) bond motifs is 1.